The maximum absolute atomic E-state index is 5.47. The van der Waals surface area contributed by atoms with Gasteiger partial charge in [0.25, 0.3) is 0 Å². The molecule has 0 atom stereocenters. The number of thiocarbonyl (C=S) groups is 1. The maximum Gasteiger partial charge on any atom is -0.000928 e. The van der Waals surface area contributed by atoms with E-state index in [4.69, 9.17) is 12.2 Å². The number of hydrogen-bond acceptors (Lipinski definition) is 1. The van der Waals surface area contributed by atoms with Crippen molar-refractivity contribution in [2.45, 2.75) is 32.1 Å². The Morgan fingerprint density at radius 2 is 1.27 bits per heavy atom. The van der Waals surface area contributed by atoms with Crippen LogP contribution in [-0.4, -0.2) is 4.86 Å². The minimum absolute atomic E-state index is 0.876. The monoisotopic (exact) mass is 166 g/mol. The first-order valence-corrected chi connectivity index (χ1v) is 5.27. The van der Waals surface area contributed by atoms with E-state index < -0.39 is 0 Å². The van der Waals surface area contributed by atoms with Gasteiger partial charge >= 0.3 is 0 Å². The highest BCUT2D eigenvalue weighted by atomic mass is 32.1. The van der Waals surface area contributed by atoms with Gasteiger partial charge in [-0.2, -0.15) is 0 Å². The van der Waals surface area contributed by atoms with Gasteiger partial charge in [-0.25, -0.2) is 0 Å². The molecule has 4 fully saturated rings. The van der Waals surface area contributed by atoms with E-state index >= 15 is 0 Å². The molecule has 4 rings (SSSR count). The molecule has 0 amide bonds. The smallest absolute Gasteiger partial charge is 0.000928 e. The maximum atomic E-state index is 5.47. The molecule has 4 aliphatic carbocycles. The van der Waals surface area contributed by atoms with Crippen molar-refractivity contribution in [3.05, 3.63) is 0 Å². The second kappa shape index (κ2) is 2.07. The standard InChI is InChI=1S/C10H14S/c11-10-8-2-6-1-7(4-8)5-9(10)3-6/h6-9H,1-5H2. The summed E-state index contributed by atoms with van der Waals surface area (Å²) in [6, 6.07) is 0. The summed E-state index contributed by atoms with van der Waals surface area (Å²) in [5, 5.41) is 0. The second-order valence-electron chi connectivity index (χ2n) is 4.71. The van der Waals surface area contributed by atoms with E-state index in [9.17, 15) is 0 Å². The van der Waals surface area contributed by atoms with Crippen LogP contribution in [0.5, 0.6) is 0 Å². The van der Waals surface area contributed by atoms with E-state index in [1.54, 1.807) is 0 Å². The van der Waals surface area contributed by atoms with Crippen LogP contribution >= 0.6 is 12.2 Å². The average molecular weight is 166 g/mol. The Morgan fingerprint density at radius 1 is 0.818 bits per heavy atom. The summed E-state index contributed by atoms with van der Waals surface area (Å²) in [7, 11) is 0. The van der Waals surface area contributed by atoms with E-state index in [1.165, 1.54) is 37.0 Å². The molecule has 0 nitrogen and oxygen atoms in total. The quantitative estimate of drug-likeness (QED) is 0.499. The van der Waals surface area contributed by atoms with Gasteiger partial charge in [-0.1, -0.05) is 12.2 Å². The summed E-state index contributed by atoms with van der Waals surface area (Å²) in [4.78, 5) is 1.46. The third kappa shape index (κ3) is 0.837. The number of hydrogen-bond donors (Lipinski definition) is 0. The van der Waals surface area contributed by atoms with Gasteiger partial charge in [0.05, 0.1) is 0 Å². The van der Waals surface area contributed by atoms with Crippen molar-refractivity contribution >= 4 is 17.1 Å². The Kier molecular flexibility index (Phi) is 1.24. The van der Waals surface area contributed by atoms with Crippen LogP contribution in [-0.2, 0) is 0 Å². The molecule has 1 heteroatoms. The van der Waals surface area contributed by atoms with Gasteiger partial charge in [-0.15, -0.1) is 0 Å². The molecule has 0 aromatic heterocycles. The third-order valence-corrected chi connectivity index (χ3v) is 4.61. The highest BCUT2D eigenvalue weighted by Crippen LogP contribution is 2.52. The fourth-order valence-electron chi connectivity index (χ4n) is 3.65. The van der Waals surface area contributed by atoms with Crippen molar-refractivity contribution < 1.29 is 0 Å². The molecule has 0 N–H and O–H groups in total. The van der Waals surface area contributed by atoms with Gasteiger partial charge < -0.3 is 0 Å². The van der Waals surface area contributed by atoms with Crippen molar-refractivity contribution in [2.75, 3.05) is 0 Å². The summed E-state index contributed by atoms with van der Waals surface area (Å²) in [5.74, 6) is 3.90. The molecule has 0 radical (unpaired) electrons. The van der Waals surface area contributed by atoms with Crippen molar-refractivity contribution in [1.29, 1.82) is 0 Å². The van der Waals surface area contributed by atoms with E-state index in [0.29, 0.717) is 0 Å². The highest BCUT2D eigenvalue weighted by Gasteiger charge is 2.45. The summed E-state index contributed by atoms with van der Waals surface area (Å²) in [6.07, 6.45) is 7.34. The molecule has 0 aromatic rings. The molecule has 60 valence electrons. The first kappa shape index (κ1) is 6.59. The lowest BCUT2D eigenvalue weighted by Gasteiger charge is -2.50. The van der Waals surface area contributed by atoms with Gasteiger partial charge in [0.2, 0.25) is 0 Å². The van der Waals surface area contributed by atoms with Gasteiger partial charge in [0.1, 0.15) is 0 Å². The topological polar surface area (TPSA) is 0 Å². The van der Waals surface area contributed by atoms with Crippen molar-refractivity contribution in [3.63, 3.8) is 0 Å². The Bertz CT molecular complexity index is 177. The molecule has 0 spiro atoms. The Labute approximate surface area is 73.4 Å². The molecule has 11 heavy (non-hydrogen) atoms. The molecule has 0 aliphatic heterocycles. The van der Waals surface area contributed by atoms with Gasteiger partial charge in [0, 0.05) is 0 Å². The first-order chi connectivity index (χ1) is 5.33. The van der Waals surface area contributed by atoms with Crippen LogP contribution in [0.25, 0.3) is 0 Å². The summed E-state index contributed by atoms with van der Waals surface area (Å²) in [6.45, 7) is 0. The summed E-state index contributed by atoms with van der Waals surface area (Å²) >= 11 is 5.47. The number of rotatable bonds is 0. The molecule has 0 heterocycles. The van der Waals surface area contributed by atoms with E-state index in [1.807, 2.05) is 0 Å². The van der Waals surface area contributed by atoms with Crippen LogP contribution in [0.1, 0.15) is 32.1 Å². The first-order valence-electron chi connectivity index (χ1n) is 4.86. The molecular formula is C10H14S. The molecule has 4 bridgehead atoms. The molecule has 0 unspecified atom stereocenters. The SMILES string of the molecule is S=C1C2CC3CC(C2)CC1C3. The van der Waals surface area contributed by atoms with Crippen LogP contribution in [0.15, 0.2) is 0 Å². The third-order valence-electron chi connectivity index (χ3n) is 3.94. The van der Waals surface area contributed by atoms with Crippen molar-refractivity contribution in [2.24, 2.45) is 23.7 Å². The van der Waals surface area contributed by atoms with E-state index in [2.05, 4.69) is 0 Å². The van der Waals surface area contributed by atoms with E-state index in [-0.39, 0.29) is 0 Å². The summed E-state index contributed by atoms with van der Waals surface area (Å²) in [5.41, 5.74) is 0. The van der Waals surface area contributed by atoms with Crippen LogP contribution in [0.2, 0.25) is 0 Å². The lowest BCUT2D eigenvalue weighted by atomic mass is 9.56. The van der Waals surface area contributed by atoms with Gasteiger partial charge in [-0.05, 0) is 60.6 Å². The van der Waals surface area contributed by atoms with Gasteiger partial charge in [0.15, 0.2) is 0 Å². The fourth-order valence-corrected chi connectivity index (χ4v) is 4.03. The molecule has 4 aliphatic rings. The van der Waals surface area contributed by atoms with Crippen molar-refractivity contribution in [3.8, 4) is 0 Å². The second-order valence-corrected chi connectivity index (χ2v) is 5.18. The molecule has 4 saturated carbocycles. The van der Waals surface area contributed by atoms with Crippen molar-refractivity contribution in [1.82, 2.24) is 0 Å². The fraction of sp³-hybridized carbons (Fsp3) is 0.900. The predicted molar refractivity (Wildman–Crippen MR) is 49.6 cm³/mol. The zero-order chi connectivity index (χ0) is 7.42. The van der Waals surface area contributed by atoms with Crippen LogP contribution in [0.3, 0.4) is 0 Å². The molecular weight excluding hydrogens is 152 g/mol. The zero-order valence-corrected chi connectivity index (χ0v) is 7.57. The summed E-state index contributed by atoms with van der Waals surface area (Å²) < 4.78 is 0. The van der Waals surface area contributed by atoms with Gasteiger partial charge in [-0.3, -0.25) is 0 Å². The zero-order valence-electron chi connectivity index (χ0n) is 6.75. The van der Waals surface area contributed by atoms with E-state index in [0.717, 1.165) is 23.7 Å². The lowest BCUT2D eigenvalue weighted by Crippen LogP contribution is -2.44. The minimum atomic E-state index is 0.876. The Balaban J connectivity index is 1.96. The highest BCUT2D eigenvalue weighted by molar-refractivity contribution is 7.80. The van der Waals surface area contributed by atoms with Crippen LogP contribution in [0.4, 0.5) is 0 Å². The lowest BCUT2D eigenvalue weighted by molar-refractivity contribution is 0.112. The Morgan fingerprint density at radius 3 is 1.73 bits per heavy atom. The molecule has 0 saturated heterocycles. The molecule has 0 aromatic carbocycles. The predicted octanol–water partition coefficient (Wildman–Crippen LogP) is 2.81. The van der Waals surface area contributed by atoms with Crippen LogP contribution < -0.4 is 0 Å². The minimum Gasteiger partial charge on any atom is -0.0891 e. The normalized spacial score (nSPS) is 53.6. The largest absolute Gasteiger partial charge is 0.0891 e. The van der Waals surface area contributed by atoms with Crippen LogP contribution in [0, 0.1) is 23.7 Å². The average Bonchev–Trinajstić information content (AvgIpc) is 1.98. The Hall–Kier alpha value is 0.0900.